The zero-order valence-electron chi connectivity index (χ0n) is 15.7. The summed E-state index contributed by atoms with van der Waals surface area (Å²) in [7, 11) is 1.92. The number of hydrogen-bond donors (Lipinski definition) is 0. The maximum atomic E-state index is 13.1. The van der Waals surface area contributed by atoms with E-state index in [4.69, 9.17) is 0 Å². The molecule has 3 aromatic rings. The van der Waals surface area contributed by atoms with E-state index in [1.54, 1.807) is 12.4 Å². The lowest BCUT2D eigenvalue weighted by Gasteiger charge is -2.24. The molecule has 1 aromatic carbocycles. The maximum Gasteiger partial charge on any atom is 0.240 e. The summed E-state index contributed by atoms with van der Waals surface area (Å²) in [5.41, 5.74) is 1.91. The number of carbonyl (C=O) groups excluding carboxylic acids is 1. The maximum absolute atomic E-state index is 13.1. The molecule has 140 valence electrons. The first-order valence-electron chi connectivity index (χ1n) is 8.95. The lowest BCUT2D eigenvalue weighted by atomic mass is 10.1. The molecule has 0 bridgehead atoms. The molecular weight excluding hydrogens is 358 g/mol. The largest absolute Gasteiger partial charge is 0.342 e. The summed E-state index contributed by atoms with van der Waals surface area (Å²) in [6.07, 6.45) is 3.46. The molecule has 0 spiro atoms. The smallest absolute Gasteiger partial charge is 0.240 e. The zero-order chi connectivity index (χ0) is 19.2. The molecule has 6 nitrogen and oxygen atoms in total. The van der Waals surface area contributed by atoms with E-state index in [9.17, 15) is 4.79 Å². The SMILES string of the molecule is CCN(CC)C(=O)[C@@H](Sc1nnc(-c2ccncc2)n1C)c1ccccc1. The molecule has 0 saturated carbocycles. The van der Waals surface area contributed by atoms with Crippen molar-refractivity contribution in [2.24, 2.45) is 7.05 Å². The van der Waals surface area contributed by atoms with E-state index in [1.165, 1.54) is 11.8 Å². The van der Waals surface area contributed by atoms with Gasteiger partial charge in [0.25, 0.3) is 0 Å². The molecule has 2 aromatic heterocycles. The first-order chi connectivity index (χ1) is 13.2. The highest BCUT2D eigenvalue weighted by Gasteiger charge is 2.28. The number of rotatable bonds is 7. The average Bonchev–Trinajstić information content (AvgIpc) is 3.08. The molecule has 0 aliphatic carbocycles. The molecule has 3 rings (SSSR count). The van der Waals surface area contributed by atoms with E-state index in [0.717, 1.165) is 17.0 Å². The predicted octanol–water partition coefficient (Wildman–Crippen LogP) is 3.58. The van der Waals surface area contributed by atoms with Crippen LogP contribution in [0.1, 0.15) is 24.7 Å². The fourth-order valence-corrected chi connectivity index (χ4v) is 3.95. The lowest BCUT2D eigenvalue weighted by molar-refractivity contribution is -0.130. The van der Waals surface area contributed by atoms with Gasteiger partial charge in [0, 0.05) is 38.1 Å². The Hall–Kier alpha value is -2.67. The van der Waals surface area contributed by atoms with Crippen molar-refractivity contribution in [1.29, 1.82) is 0 Å². The molecular formula is C20H23N5OS. The minimum Gasteiger partial charge on any atom is -0.342 e. The highest BCUT2D eigenvalue weighted by Crippen LogP contribution is 2.36. The molecule has 0 saturated heterocycles. The van der Waals surface area contributed by atoms with Crippen molar-refractivity contribution >= 4 is 17.7 Å². The van der Waals surface area contributed by atoms with Crippen LogP contribution in [-0.2, 0) is 11.8 Å². The summed E-state index contributed by atoms with van der Waals surface area (Å²) >= 11 is 1.43. The van der Waals surface area contributed by atoms with E-state index in [-0.39, 0.29) is 11.2 Å². The van der Waals surface area contributed by atoms with Gasteiger partial charge in [-0.2, -0.15) is 0 Å². The molecule has 0 N–H and O–H groups in total. The van der Waals surface area contributed by atoms with Gasteiger partial charge in [-0.1, -0.05) is 42.1 Å². The number of benzene rings is 1. The van der Waals surface area contributed by atoms with Gasteiger partial charge in [0.15, 0.2) is 11.0 Å². The Kier molecular flexibility index (Phi) is 6.24. The second-order valence-corrected chi connectivity index (χ2v) is 7.09. The first-order valence-corrected chi connectivity index (χ1v) is 9.83. The molecule has 2 heterocycles. The normalized spacial score (nSPS) is 12.0. The second kappa shape index (κ2) is 8.81. The van der Waals surface area contributed by atoms with Crippen LogP contribution in [0, 0.1) is 0 Å². The van der Waals surface area contributed by atoms with Crippen LogP contribution in [-0.4, -0.2) is 43.6 Å². The van der Waals surface area contributed by atoms with Crippen LogP contribution in [0.2, 0.25) is 0 Å². The predicted molar refractivity (Wildman–Crippen MR) is 107 cm³/mol. The van der Waals surface area contributed by atoms with Crippen LogP contribution in [0.3, 0.4) is 0 Å². The molecule has 0 unspecified atom stereocenters. The van der Waals surface area contributed by atoms with Gasteiger partial charge < -0.3 is 9.47 Å². The summed E-state index contributed by atoms with van der Waals surface area (Å²) in [5.74, 6) is 0.840. The Bertz CT molecular complexity index is 878. The minimum absolute atomic E-state index is 0.0876. The number of hydrogen-bond acceptors (Lipinski definition) is 5. The van der Waals surface area contributed by atoms with Gasteiger partial charge in [0.2, 0.25) is 5.91 Å². The van der Waals surface area contributed by atoms with Crippen LogP contribution in [0.25, 0.3) is 11.4 Å². The standard InChI is InChI=1S/C20H23N5OS/c1-4-25(5-2)19(26)17(15-9-7-6-8-10-15)27-20-23-22-18(24(20)3)16-11-13-21-14-12-16/h6-14,17H,4-5H2,1-3H3/t17-/m0/s1. The number of nitrogens with zero attached hydrogens (tertiary/aromatic N) is 5. The highest BCUT2D eigenvalue weighted by molar-refractivity contribution is 8.00. The van der Waals surface area contributed by atoms with Gasteiger partial charge >= 0.3 is 0 Å². The minimum atomic E-state index is -0.362. The van der Waals surface area contributed by atoms with Crippen molar-refractivity contribution in [3.8, 4) is 11.4 Å². The van der Waals surface area contributed by atoms with Crippen molar-refractivity contribution in [2.45, 2.75) is 24.3 Å². The number of carbonyl (C=O) groups is 1. The Morgan fingerprint density at radius 2 is 1.74 bits per heavy atom. The van der Waals surface area contributed by atoms with Gasteiger partial charge in [0.1, 0.15) is 5.25 Å². The highest BCUT2D eigenvalue weighted by atomic mass is 32.2. The molecule has 1 amide bonds. The molecule has 0 aliphatic heterocycles. The summed E-state index contributed by atoms with van der Waals surface area (Å²) < 4.78 is 1.92. The van der Waals surface area contributed by atoms with Crippen LogP contribution in [0.5, 0.6) is 0 Å². The molecule has 27 heavy (non-hydrogen) atoms. The van der Waals surface area contributed by atoms with Gasteiger partial charge in [-0.15, -0.1) is 10.2 Å². The Labute approximate surface area is 163 Å². The van der Waals surface area contributed by atoms with Crippen molar-refractivity contribution in [2.75, 3.05) is 13.1 Å². The topological polar surface area (TPSA) is 63.9 Å². The summed E-state index contributed by atoms with van der Waals surface area (Å²) in [5, 5.41) is 9.00. The van der Waals surface area contributed by atoms with E-state index in [2.05, 4.69) is 15.2 Å². The van der Waals surface area contributed by atoms with Gasteiger partial charge in [-0.05, 0) is 31.5 Å². The van der Waals surface area contributed by atoms with Gasteiger partial charge in [-0.3, -0.25) is 9.78 Å². The number of amides is 1. The van der Waals surface area contributed by atoms with Gasteiger partial charge in [-0.25, -0.2) is 0 Å². The summed E-state index contributed by atoms with van der Waals surface area (Å²) in [6, 6.07) is 13.6. The molecule has 0 aliphatic rings. The Morgan fingerprint density at radius 1 is 1.07 bits per heavy atom. The number of thioether (sulfide) groups is 1. The third kappa shape index (κ3) is 4.19. The molecule has 0 radical (unpaired) electrons. The third-order valence-electron chi connectivity index (χ3n) is 4.40. The van der Waals surface area contributed by atoms with Crippen molar-refractivity contribution < 1.29 is 4.79 Å². The fourth-order valence-electron chi connectivity index (χ4n) is 2.87. The second-order valence-electron chi connectivity index (χ2n) is 6.02. The van der Waals surface area contributed by atoms with Crippen LogP contribution in [0.15, 0.2) is 60.0 Å². The quantitative estimate of drug-likeness (QED) is 0.585. The molecule has 7 heteroatoms. The van der Waals surface area contributed by atoms with E-state index >= 15 is 0 Å². The summed E-state index contributed by atoms with van der Waals surface area (Å²) in [6.45, 7) is 5.36. The van der Waals surface area contributed by atoms with Crippen LogP contribution < -0.4 is 0 Å². The zero-order valence-corrected chi connectivity index (χ0v) is 16.6. The third-order valence-corrected chi connectivity index (χ3v) is 5.67. The monoisotopic (exact) mass is 381 g/mol. The van der Waals surface area contributed by atoms with Crippen molar-refractivity contribution in [3.63, 3.8) is 0 Å². The molecule has 0 fully saturated rings. The van der Waals surface area contributed by atoms with Gasteiger partial charge in [0.05, 0.1) is 0 Å². The number of aromatic nitrogens is 4. The average molecular weight is 382 g/mol. The van der Waals surface area contributed by atoms with Crippen LogP contribution in [0.4, 0.5) is 0 Å². The number of likely N-dealkylation sites (N-methyl/N-ethyl adjacent to an activating group) is 1. The van der Waals surface area contributed by atoms with E-state index in [1.807, 2.05) is 72.8 Å². The van der Waals surface area contributed by atoms with E-state index < -0.39 is 0 Å². The number of pyridine rings is 1. The fraction of sp³-hybridized carbons (Fsp3) is 0.300. The summed E-state index contributed by atoms with van der Waals surface area (Å²) in [4.78, 5) is 19.0. The molecule has 1 atom stereocenters. The lowest BCUT2D eigenvalue weighted by Crippen LogP contribution is -2.34. The Morgan fingerprint density at radius 3 is 2.37 bits per heavy atom. The van der Waals surface area contributed by atoms with E-state index in [0.29, 0.717) is 18.2 Å². The van der Waals surface area contributed by atoms with Crippen molar-refractivity contribution in [1.82, 2.24) is 24.6 Å². The first kappa shape index (κ1) is 19.1. The van der Waals surface area contributed by atoms with Crippen molar-refractivity contribution in [3.05, 3.63) is 60.4 Å². The Balaban J connectivity index is 1.93. The van der Waals surface area contributed by atoms with Crippen LogP contribution >= 0.6 is 11.8 Å².